The second-order valence-corrected chi connectivity index (χ2v) is 7.80. The van der Waals surface area contributed by atoms with Gasteiger partial charge in [-0.2, -0.15) is 0 Å². The fourth-order valence-corrected chi connectivity index (χ4v) is 5.42. The lowest BCUT2D eigenvalue weighted by Crippen LogP contribution is -2.52. The van der Waals surface area contributed by atoms with Crippen molar-refractivity contribution in [3.05, 3.63) is 0 Å². The van der Waals surface area contributed by atoms with Crippen LogP contribution >= 0.6 is 33.3 Å². The molecule has 114 valence electrons. The molecule has 1 saturated heterocycles. The quantitative estimate of drug-likeness (QED) is 0.283. The molecule has 0 aromatic heterocycles. The lowest BCUT2D eigenvalue weighted by Gasteiger charge is -2.23. The fourth-order valence-electron chi connectivity index (χ4n) is 1.31. The highest BCUT2D eigenvalue weighted by Gasteiger charge is 2.48. The van der Waals surface area contributed by atoms with E-state index in [1.165, 1.54) is 0 Å². The van der Waals surface area contributed by atoms with E-state index in [2.05, 4.69) is 5.32 Å². The molecular weight excluding hydrogens is 328 g/mol. The molecule has 6 N–H and O–H groups in total. The molecule has 1 fully saturated rings. The number of carbonyl (C=O) groups is 3. The second-order valence-electron chi connectivity index (χ2n) is 3.97. The van der Waals surface area contributed by atoms with Gasteiger partial charge in [0.2, 0.25) is 0 Å². The predicted octanol–water partition coefficient (Wildman–Crippen LogP) is -0.650. The Morgan fingerprint density at radius 3 is 2.45 bits per heavy atom. The van der Waals surface area contributed by atoms with Crippen LogP contribution in [0.2, 0.25) is 0 Å². The first-order valence-electron chi connectivity index (χ1n) is 5.39. The van der Waals surface area contributed by atoms with Crippen molar-refractivity contribution in [1.29, 1.82) is 0 Å². The van der Waals surface area contributed by atoms with Crippen LogP contribution in [0.15, 0.2) is 0 Å². The van der Waals surface area contributed by atoms with Crippen LogP contribution in [0.1, 0.15) is 0 Å². The molecule has 0 bridgehead atoms. The van der Waals surface area contributed by atoms with Crippen LogP contribution in [-0.4, -0.2) is 67.4 Å². The number of carboxylic acid groups (broad SMARTS) is 3. The van der Waals surface area contributed by atoms with Crippen molar-refractivity contribution in [2.45, 2.75) is 17.0 Å². The summed E-state index contributed by atoms with van der Waals surface area (Å²) in [5.41, 5.74) is 5.32. The maximum atomic E-state index is 11.3. The summed E-state index contributed by atoms with van der Waals surface area (Å²) in [5.74, 6) is -2.93. The lowest BCUT2D eigenvalue weighted by atomic mass is 10.2. The average Bonchev–Trinajstić information content (AvgIpc) is 2.80. The van der Waals surface area contributed by atoms with Gasteiger partial charge in [-0.05, 0) is 0 Å². The van der Waals surface area contributed by atoms with Gasteiger partial charge < -0.3 is 21.1 Å². The summed E-state index contributed by atoms with van der Waals surface area (Å²) in [5, 5.41) is 29.3. The molecule has 3 unspecified atom stereocenters. The molecule has 1 aliphatic heterocycles. The maximum Gasteiger partial charge on any atom is 0.335 e. The summed E-state index contributed by atoms with van der Waals surface area (Å²) in [4.78, 5) is 31.3. The highest BCUT2D eigenvalue weighted by atomic mass is 33.1. The van der Waals surface area contributed by atoms with Crippen molar-refractivity contribution in [2.75, 3.05) is 17.3 Å². The van der Waals surface area contributed by atoms with Gasteiger partial charge in [-0.3, -0.25) is 14.9 Å². The van der Waals surface area contributed by atoms with E-state index in [0.29, 0.717) is 0 Å². The zero-order valence-corrected chi connectivity index (χ0v) is 12.6. The first-order chi connectivity index (χ1) is 9.28. The van der Waals surface area contributed by atoms with Gasteiger partial charge in [0.05, 0.1) is 0 Å². The largest absolute Gasteiger partial charge is 0.480 e. The van der Waals surface area contributed by atoms with Gasteiger partial charge in [0, 0.05) is 17.3 Å². The van der Waals surface area contributed by atoms with E-state index in [1.54, 1.807) is 0 Å². The first kappa shape index (κ1) is 17.4. The van der Waals surface area contributed by atoms with Gasteiger partial charge in [0.25, 0.3) is 0 Å². The minimum atomic E-state index is -1.37. The Balaban J connectivity index is 2.47. The Hall–Kier alpha value is -0.620. The molecule has 20 heavy (non-hydrogen) atoms. The van der Waals surface area contributed by atoms with Crippen molar-refractivity contribution in [2.24, 2.45) is 5.73 Å². The minimum Gasteiger partial charge on any atom is -0.480 e. The van der Waals surface area contributed by atoms with E-state index in [-0.39, 0.29) is 17.3 Å². The Morgan fingerprint density at radius 2 is 2.00 bits per heavy atom. The molecular formula is C9H14N2O6S3. The molecule has 0 aliphatic carbocycles. The summed E-state index contributed by atoms with van der Waals surface area (Å²) in [6.07, 6.45) is 0. The first-order valence-corrected chi connectivity index (χ1v) is 8.86. The molecule has 1 rings (SSSR count). The number of nitrogens with two attached hydrogens (primary N) is 1. The van der Waals surface area contributed by atoms with Crippen LogP contribution in [-0.2, 0) is 14.4 Å². The summed E-state index contributed by atoms with van der Waals surface area (Å²) in [6.45, 7) is 0. The number of hydrogen-bond donors (Lipinski definition) is 5. The second kappa shape index (κ2) is 7.41. The monoisotopic (exact) mass is 342 g/mol. The third-order valence-corrected chi connectivity index (χ3v) is 6.54. The molecule has 3 atom stereocenters. The van der Waals surface area contributed by atoms with Gasteiger partial charge in [0.15, 0.2) is 4.87 Å². The van der Waals surface area contributed by atoms with Crippen molar-refractivity contribution in [3.8, 4) is 0 Å². The fraction of sp³-hybridized carbons (Fsp3) is 0.667. The van der Waals surface area contributed by atoms with E-state index >= 15 is 0 Å². The minimum absolute atomic E-state index is 0.105. The lowest BCUT2D eigenvalue weighted by molar-refractivity contribution is -0.142. The van der Waals surface area contributed by atoms with Crippen LogP contribution in [0, 0.1) is 0 Å². The highest BCUT2D eigenvalue weighted by molar-refractivity contribution is 8.76. The zero-order chi connectivity index (χ0) is 15.3. The molecule has 11 heteroatoms. The standard InChI is InChI=1S/C9H14N2O6S3/c10-4(6(12)13)1-19-20-3-9(8(16)17)11-5(2-18-9)7(14)15/h4-5,11H,1-3,10H2,(H,12,13)(H,14,15)(H,16,17). The van der Waals surface area contributed by atoms with Crippen molar-refractivity contribution in [1.82, 2.24) is 5.32 Å². The van der Waals surface area contributed by atoms with E-state index in [1.807, 2.05) is 0 Å². The maximum absolute atomic E-state index is 11.3. The predicted molar refractivity (Wildman–Crippen MR) is 77.9 cm³/mol. The van der Waals surface area contributed by atoms with Crippen molar-refractivity contribution in [3.63, 3.8) is 0 Å². The van der Waals surface area contributed by atoms with Crippen molar-refractivity contribution < 1.29 is 29.7 Å². The molecule has 1 aliphatic rings. The van der Waals surface area contributed by atoms with Gasteiger partial charge in [0.1, 0.15) is 12.1 Å². The Kier molecular flexibility index (Phi) is 6.45. The SMILES string of the molecule is NC(CSSCC1(C(=O)O)NC(C(=O)O)CS1)C(=O)O. The molecule has 0 amide bonds. The van der Waals surface area contributed by atoms with Gasteiger partial charge in [-0.1, -0.05) is 21.6 Å². The van der Waals surface area contributed by atoms with Crippen LogP contribution in [0.4, 0.5) is 0 Å². The number of rotatable bonds is 8. The van der Waals surface area contributed by atoms with E-state index in [9.17, 15) is 19.5 Å². The number of hydrogen-bond acceptors (Lipinski definition) is 8. The van der Waals surface area contributed by atoms with Crippen LogP contribution < -0.4 is 11.1 Å². The normalized spacial score (nSPS) is 27.1. The molecule has 8 nitrogen and oxygen atoms in total. The molecule has 0 saturated carbocycles. The number of thioether (sulfide) groups is 1. The summed E-state index contributed by atoms with van der Waals surface area (Å²) in [7, 11) is 2.30. The van der Waals surface area contributed by atoms with E-state index < -0.39 is 34.9 Å². The summed E-state index contributed by atoms with van der Waals surface area (Å²) >= 11 is 1.03. The smallest absolute Gasteiger partial charge is 0.335 e. The van der Waals surface area contributed by atoms with Gasteiger partial charge in [-0.25, -0.2) is 4.79 Å². The van der Waals surface area contributed by atoms with E-state index in [4.69, 9.17) is 15.9 Å². The number of nitrogens with one attached hydrogen (secondary N) is 1. The van der Waals surface area contributed by atoms with E-state index in [0.717, 1.165) is 33.3 Å². The summed E-state index contributed by atoms with van der Waals surface area (Å²) in [6, 6.07) is -1.91. The zero-order valence-electron chi connectivity index (χ0n) is 10.1. The Morgan fingerprint density at radius 1 is 1.35 bits per heavy atom. The molecule has 0 spiro atoms. The highest BCUT2D eigenvalue weighted by Crippen LogP contribution is 2.37. The average molecular weight is 342 g/mol. The van der Waals surface area contributed by atoms with Crippen LogP contribution in [0.3, 0.4) is 0 Å². The van der Waals surface area contributed by atoms with Crippen LogP contribution in [0.5, 0.6) is 0 Å². The van der Waals surface area contributed by atoms with Crippen molar-refractivity contribution >= 4 is 51.3 Å². The molecule has 1 heterocycles. The summed E-state index contributed by atoms with van der Waals surface area (Å²) < 4.78 is 0. The molecule has 0 radical (unpaired) electrons. The topological polar surface area (TPSA) is 150 Å². The third-order valence-electron chi connectivity index (χ3n) is 2.46. The molecule has 0 aromatic rings. The molecule has 0 aromatic carbocycles. The number of carboxylic acids is 3. The Labute approximate surface area is 126 Å². The van der Waals surface area contributed by atoms with Gasteiger partial charge in [-0.15, -0.1) is 11.8 Å². The van der Waals surface area contributed by atoms with Gasteiger partial charge >= 0.3 is 17.9 Å². The third kappa shape index (κ3) is 4.45. The number of aliphatic carboxylic acids is 3. The Bertz CT molecular complexity index is 409. The van der Waals surface area contributed by atoms with Crippen LogP contribution in [0.25, 0.3) is 0 Å².